The van der Waals surface area contributed by atoms with Crippen molar-refractivity contribution in [2.75, 3.05) is 26.7 Å². The number of carboxylic acids is 1. The van der Waals surface area contributed by atoms with E-state index in [0.717, 1.165) is 0 Å². The summed E-state index contributed by atoms with van der Waals surface area (Å²) in [4.78, 5) is 25.7. The van der Waals surface area contributed by atoms with Crippen molar-refractivity contribution < 1.29 is 37.8 Å². The van der Waals surface area contributed by atoms with Gasteiger partial charge in [-0.1, -0.05) is 0 Å². The summed E-state index contributed by atoms with van der Waals surface area (Å²) in [6.45, 7) is 0.961. The van der Waals surface area contributed by atoms with Gasteiger partial charge in [0.2, 0.25) is 0 Å². The van der Waals surface area contributed by atoms with Gasteiger partial charge in [0.1, 0.15) is 17.2 Å². The summed E-state index contributed by atoms with van der Waals surface area (Å²) >= 11 is 0. The lowest BCUT2D eigenvalue weighted by Crippen LogP contribution is -2.51. The number of nitrogens with one attached hydrogen (secondary N) is 1. The summed E-state index contributed by atoms with van der Waals surface area (Å²) in [5.41, 5.74) is 1.18. The number of methoxy groups -OCH3 is 1. The maximum atomic E-state index is 13.8. The lowest BCUT2D eigenvalue weighted by Gasteiger charge is -2.40. The van der Waals surface area contributed by atoms with Gasteiger partial charge in [-0.05, 0) is 99.1 Å². The van der Waals surface area contributed by atoms with Crippen LogP contribution in [0.15, 0.2) is 53.4 Å². The van der Waals surface area contributed by atoms with Crippen LogP contribution < -0.4 is 15.0 Å². The van der Waals surface area contributed by atoms with E-state index >= 15 is 0 Å². The summed E-state index contributed by atoms with van der Waals surface area (Å²) in [6.07, 6.45) is 1.82. The minimum atomic E-state index is -4.17. The second-order valence-electron chi connectivity index (χ2n) is 9.53. The van der Waals surface area contributed by atoms with Gasteiger partial charge in [0.15, 0.2) is 14.6 Å². The minimum Gasteiger partial charge on any atom is -0.497 e. The number of rotatable bonds is 8. The van der Waals surface area contributed by atoms with Crippen molar-refractivity contribution in [2.24, 2.45) is 5.41 Å². The molecule has 0 bridgehead atoms. The first-order chi connectivity index (χ1) is 17.1. The zero-order valence-electron chi connectivity index (χ0n) is 20.0. The molecule has 4 rings (SSSR count). The average molecular weight is 519 g/mol. The lowest BCUT2D eigenvalue weighted by atomic mass is 9.76. The predicted octanol–water partition coefficient (Wildman–Crippen LogP) is 2.86. The summed E-state index contributed by atoms with van der Waals surface area (Å²) in [5, 5.41) is 18.5. The molecule has 10 nitrogen and oxygen atoms in total. The number of hydroxylamine groups is 1. The number of piperidine rings is 1. The third-order valence-electron chi connectivity index (χ3n) is 7.45. The Morgan fingerprint density at radius 1 is 0.944 bits per heavy atom. The average Bonchev–Trinajstić information content (AvgIpc) is 3.26. The molecule has 0 radical (unpaired) electrons. The Balaban J connectivity index is 1.54. The number of carbonyl (C=O) groups is 2. The van der Waals surface area contributed by atoms with Crippen LogP contribution >= 0.6 is 0 Å². The topological polar surface area (TPSA) is 142 Å². The number of hydrogen-bond acceptors (Lipinski definition) is 8. The molecule has 1 saturated heterocycles. The molecular weight excluding hydrogens is 488 g/mol. The van der Waals surface area contributed by atoms with Crippen molar-refractivity contribution in [1.29, 1.82) is 0 Å². The number of nitrogens with zero attached hydrogens (tertiary/aromatic N) is 1. The van der Waals surface area contributed by atoms with Gasteiger partial charge in [-0.25, -0.2) is 13.9 Å². The first-order valence-electron chi connectivity index (χ1n) is 11.7. The number of hydrogen-bond donors (Lipinski definition) is 3. The fraction of sp³-hybridized carbons (Fsp3) is 0.440. The largest absolute Gasteiger partial charge is 0.497 e. The molecule has 36 heavy (non-hydrogen) atoms. The number of carboxylic acid groups (broad SMARTS) is 1. The van der Waals surface area contributed by atoms with Crippen LogP contribution in [0.3, 0.4) is 0 Å². The monoisotopic (exact) mass is 518 g/mol. The van der Waals surface area contributed by atoms with Crippen LogP contribution in [0.2, 0.25) is 0 Å². The third kappa shape index (κ3) is 4.91. The lowest BCUT2D eigenvalue weighted by molar-refractivity contribution is -0.138. The van der Waals surface area contributed by atoms with Gasteiger partial charge in [0, 0.05) is 0 Å². The summed E-state index contributed by atoms with van der Waals surface area (Å²) < 4.78 is 36.7. The molecule has 3 N–H and O–H groups in total. The van der Waals surface area contributed by atoms with Crippen LogP contribution in [0.1, 0.15) is 32.1 Å². The van der Waals surface area contributed by atoms with Crippen LogP contribution in [0.5, 0.6) is 17.2 Å². The van der Waals surface area contributed by atoms with E-state index < -0.39 is 31.9 Å². The van der Waals surface area contributed by atoms with Crippen molar-refractivity contribution in [3.8, 4) is 17.2 Å². The Morgan fingerprint density at radius 2 is 1.50 bits per heavy atom. The molecule has 194 valence electrons. The molecule has 11 heteroatoms. The molecular formula is C25H30N2O8S. The van der Waals surface area contributed by atoms with E-state index in [1.165, 1.54) is 24.3 Å². The molecule has 1 atom stereocenters. The fourth-order valence-corrected chi connectivity index (χ4v) is 7.49. The molecule has 0 aromatic heterocycles. The van der Waals surface area contributed by atoms with Crippen molar-refractivity contribution in [1.82, 2.24) is 10.4 Å². The van der Waals surface area contributed by atoms with Gasteiger partial charge < -0.3 is 14.6 Å². The van der Waals surface area contributed by atoms with Crippen molar-refractivity contribution in [2.45, 2.75) is 41.7 Å². The van der Waals surface area contributed by atoms with Crippen LogP contribution in [-0.4, -0.2) is 67.0 Å². The van der Waals surface area contributed by atoms with Crippen LogP contribution in [-0.2, 0) is 19.4 Å². The summed E-state index contributed by atoms with van der Waals surface area (Å²) in [7, 11) is -2.61. The Labute approximate surface area is 209 Å². The highest BCUT2D eigenvalue weighted by molar-refractivity contribution is 7.93. The number of ether oxygens (including phenoxy) is 2. The molecule has 1 unspecified atom stereocenters. The van der Waals surface area contributed by atoms with Crippen molar-refractivity contribution >= 4 is 21.7 Å². The quantitative estimate of drug-likeness (QED) is 0.355. The molecule has 1 aliphatic carbocycles. The van der Waals surface area contributed by atoms with Gasteiger partial charge in [0.05, 0.1) is 18.6 Å². The molecule has 1 saturated carbocycles. The van der Waals surface area contributed by atoms with Crippen LogP contribution in [0, 0.1) is 5.41 Å². The van der Waals surface area contributed by atoms with Crippen molar-refractivity contribution in [3.63, 3.8) is 0 Å². The SMILES string of the molecule is COc1ccc(Oc2ccc(S(=O)(=O)C3(C(=O)NO)CCC4(CCN(CC(=O)O)CC4)C3)cc2)cc1. The van der Waals surface area contributed by atoms with Crippen LogP contribution in [0.25, 0.3) is 0 Å². The number of sulfone groups is 1. The Bertz CT molecular complexity index is 1210. The van der Waals surface area contributed by atoms with E-state index in [1.54, 1.807) is 36.9 Å². The van der Waals surface area contributed by atoms with Gasteiger partial charge in [-0.15, -0.1) is 0 Å². The molecule has 2 aromatic carbocycles. The zero-order chi connectivity index (χ0) is 26.0. The number of carbonyl (C=O) groups excluding carboxylic acids is 1. The Kier molecular flexibility index (Phi) is 7.26. The number of aliphatic carboxylic acids is 1. The zero-order valence-corrected chi connectivity index (χ0v) is 20.8. The first kappa shape index (κ1) is 25.9. The maximum Gasteiger partial charge on any atom is 0.317 e. The maximum absolute atomic E-state index is 13.8. The van der Waals surface area contributed by atoms with E-state index in [-0.39, 0.29) is 24.3 Å². The Hall–Kier alpha value is -3.15. The number of amides is 1. The number of benzene rings is 2. The van der Waals surface area contributed by atoms with E-state index in [1.807, 2.05) is 4.90 Å². The highest BCUT2D eigenvalue weighted by Crippen LogP contribution is 2.55. The number of likely N-dealkylation sites (tertiary alicyclic amines) is 1. The standard InChI is InChI=1S/C25H30N2O8S/c1-34-18-2-4-19(5-3-18)35-20-6-8-21(9-7-20)36(32,33)25(23(30)26-31)11-10-24(17-25)12-14-27(15-13-24)16-22(28)29/h2-9,31H,10-17H2,1H3,(H,26,30)(H,28,29). The predicted molar refractivity (Wildman–Crippen MR) is 129 cm³/mol. The second kappa shape index (κ2) is 10.1. The highest BCUT2D eigenvalue weighted by Gasteiger charge is 2.60. The molecule has 2 aromatic rings. The van der Waals surface area contributed by atoms with Crippen molar-refractivity contribution in [3.05, 3.63) is 48.5 Å². The summed E-state index contributed by atoms with van der Waals surface area (Å²) in [6, 6.07) is 12.8. The van der Waals surface area contributed by atoms with Gasteiger partial charge in [-0.3, -0.25) is 19.7 Å². The molecule has 1 aliphatic heterocycles. The first-order valence-corrected chi connectivity index (χ1v) is 13.2. The fourth-order valence-electron chi connectivity index (χ4n) is 5.39. The molecule has 1 spiro atoms. The minimum absolute atomic E-state index is 0.0338. The normalized spacial score (nSPS) is 21.7. The van der Waals surface area contributed by atoms with Gasteiger partial charge >= 0.3 is 5.97 Å². The highest BCUT2D eigenvalue weighted by atomic mass is 32.2. The smallest absolute Gasteiger partial charge is 0.317 e. The summed E-state index contributed by atoms with van der Waals surface area (Å²) in [5.74, 6) is -0.194. The van der Waals surface area contributed by atoms with Gasteiger partial charge in [-0.2, -0.15) is 0 Å². The second-order valence-corrected chi connectivity index (χ2v) is 11.8. The molecule has 1 amide bonds. The molecule has 2 fully saturated rings. The molecule has 1 heterocycles. The van der Waals surface area contributed by atoms with Gasteiger partial charge in [0.25, 0.3) is 5.91 Å². The van der Waals surface area contributed by atoms with E-state index in [4.69, 9.17) is 14.6 Å². The van der Waals surface area contributed by atoms with E-state index in [2.05, 4.69) is 0 Å². The van der Waals surface area contributed by atoms with E-state index in [0.29, 0.717) is 49.6 Å². The van der Waals surface area contributed by atoms with E-state index in [9.17, 15) is 23.2 Å². The molecule has 2 aliphatic rings. The third-order valence-corrected chi connectivity index (χ3v) is 9.91. The Morgan fingerprint density at radius 3 is 2.03 bits per heavy atom. The van der Waals surface area contributed by atoms with Crippen LogP contribution in [0.4, 0.5) is 0 Å².